The molecule has 0 bridgehead atoms. The number of nitrogens with one attached hydrogen (secondary N) is 4. The molecule has 0 aliphatic carbocycles. The van der Waals surface area contributed by atoms with E-state index in [1.165, 1.54) is 161 Å². The number of halogens is 15. The third-order valence-electron chi connectivity index (χ3n) is 20.1. The second-order valence-electron chi connectivity index (χ2n) is 28.8. The number of para-hydroxylation sites is 2. The van der Waals surface area contributed by atoms with Crippen molar-refractivity contribution < 1.29 is 88.2 Å². The number of benzene rings is 7. The SMILES string of the molecule is C=CC(=O)C[C@H]1CCOC[C@H]1Nc1ccc(/C=C(\F)c2c(Cl)c(OC)cc(OC)c2Cl)cn1.C=CC(=O)Cc1cc(F)c(F)cc1Nc1ccc(/C=C(\F)c2c(Cl)c(OC)cc(OC)c2Cl)cn1.C=CC(=O)Cc1cccc(C)c1Nc1ncc(/C=C(\F)c2c(Cl)c(OC)cc(OC)c2Cl)cn1.C=CC(=O)Cc1cccc(Cl)c1Nc1ccc(/C=C(\F)c2c(Cl)c(OC)cc(OC)c2Cl)cn1. The molecule has 136 heavy (non-hydrogen) atoms. The van der Waals surface area contributed by atoms with Crippen LogP contribution in [-0.2, 0) is 43.2 Å². The van der Waals surface area contributed by atoms with Crippen LogP contribution in [-0.4, -0.2) is 124 Å². The van der Waals surface area contributed by atoms with Crippen molar-refractivity contribution in [1.29, 1.82) is 0 Å². The van der Waals surface area contributed by atoms with Gasteiger partial charge in [0.25, 0.3) is 0 Å². The Hall–Kier alpha value is -12.6. The van der Waals surface area contributed by atoms with Gasteiger partial charge in [0, 0.05) is 111 Å². The molecule has 37 heteroatoms. The van der Waals surface area contributed by atoms with Gasteiger partial charge < -0.3 is 63.9 Å². The molecular formula is C99H86Cl9F6N9O13. The van der Waals surface area contributed by atoms with Gasteiger partial charge >= 0.3 is 0 Å². The molecular weight excluding hydrogens is 1960 g/mol. The maximum Gasteiger partial charge on any atom is 0.227 e. The number of rotatable bonds is 36. The number of ether oxygens (including phenoxy) is 9. The number of nitrogens with zero attached hydrogens (tertiary/aromatic N) is 5. The van der Waals surface area contributed by atoms with Crippen molar-refractivity contribution in [1.82, 2.24) is 24.9 Å². The van der Waals surface area contributed by atoms with E-state index in [2.05, 4.69) is 72.5 Å². The number of methoxy groups -OCH3 is 8. The van der Waals surface area contributed by atoms with E-state index in [0.29, 0.717) is 75.7 Å². The van der Waals surface area contributed by atoms with Crippen molar-refractivity contribution in [2.24, 2.45) is 5.92 Å². The van der Waals surface area contributed by atoms with Crippen molar-refractivity contribution in [3.63, 3.8) is 0 Å². The molecule has 710 valence electrons. The molecule has 1 saturated heterocycles. The minimum atomic E-state index is -1.09. The summed E-state index contributed by atoms with van der Waals surface area (Å²) in [7, 11) is 11.2. The molecule has 4 N–H and O–H groups in total. The van der Waals surface area contributed by atoms with E-state index >= 15 is 17.6 Å². The number of hydrogen-bond donors (Lipinski definition) is 4. The second-order valence-corrected chi connectivity index (χ2v) is 32.3. The lowest BCUT2D eigenvalue weighted by molar-refractivity contribution is -0.116. The van der Waals surface area contributed by atoms with Gasteiger partial charge in [0.15, 0.2) is 34.8 Å². The summed E-state index contributed by atoms with van der Waals surface area (Å²) in [6.07, 6.45) is 18.4. The van der Waals surface area contributed by atoms with E-state index in [0.717, 1.165) is 47.5 Å². The van der Waals surface area contributed by atoms with Crippen LogP contribution in [0, 0.1) is 24.5 Å². The van der Waals surface area contributed by atoms with Gasteiger partial charge in [-0.1, -0.05) is 161 Å². The van der Waals surface area contributed by atoms with Crippen molar-refractivity contribution >= 4 is 216 Å². The van der Waals surface area contributed by atoms with Crippen LogP contribution in [0.2, 0.25) is 45.2 Å². The number of carbonyl (C=O) groups excluding carboxylic acids is 4. The lowest BCUT2D eigenvalue weighted by Crippen LogP contribution is -2.39. The Morgan fingerprint density at radius 3 is 1.11 bits per heavy atom. The van der Waals surface area contributed by atoms with E-state index in [-0.39, 0.29) is 180 Å². The molecule has 0 spiro atoms. The van der Waals surface area contributed by atoms with E-state index in [4.69, 9.17) is 147 Å². The van der Waals surface area contributed by atoms with E-state index in [1.807, 2.05) is 25.1 Å². The zero-order valence-corrected chi connectivity index (χ0v) is 80.8. The third-order valence-corrected chi connectivity index (χ3v) is 23.4. The van der Waals surface area contributed by atoms with Crippen LogP contribution in [0.3, 0.4) is 0 Å². The number of hydrogen-bond acceptors (Lipinski definition) is 22. The average molecular weight is 2040 g/mol. The van der Waals surface area contributed by atoms with Crippen molar-refractivity contribution in [3.05, 3.63) is 314 Å². The number of aromatic nitrogens is 5. The number of allylic oxidation sites excluding steroid dienone is 4. The molecule has 0 amide bonds. The predicted molar refractivity (Wildman–Crippen MR) is 531 cm³/mol. The topological polar surface area (TPSA) is 264 Å². The Morgan fingerprint density at radius 2 is 0.743 bits per heavy atom. The monoisotopic (exact) mass is 2040 g/mol. The summed E-state index contributed by atoms with van der Waals surface area (Å²) in [5.41, 5.74) is 5.54. The first-order valence-electron chi connectivity index (χ1n) is 40.3. The van der Waals surface area contributed by atoms with E-state index in [9.17, 15) is 28.0 Å². The lowest BCUT2D eigenvalue weighted by atomic mass is 9.89. The van der Waals surface area contributed by atoms with Gasteiger partial charge in [-0.2, -0.15) is 0 Å². The van der Waals surface area contributed by atoms with Crippen LogP contribution in [0.4, 0.5) is 66.8 Å². The quantitative estimate of drug-likeness (QED) is 0.0210. The van der Waals surface area contributed by atoms with Gasteiger partial charge in [0.2, 0.25) is 5.95 Å². The first kappa shape index (κ1) is 107. The number of ketones is 4. The number of anilines is 7. The fraction of sp³-hybridized carbons (Fsp3) is 0.182. The molecule has 0 saturated carbocycles. The van der Waals surface area contributed by atoms with Crippen LogP contribution in [0.15, 0.2) is 191 Å². The Balaban J connectivity index is 0.000000203. The second kappa shape index (κ2) is 51.4. The molecule has 1 fully saturated rings. The summed E-state index contributed by atoms with van der Waals surface area (Å²) in [6.45, 7) is 16.9. The van der Waals surface area contributed by atoms with Crippen molar-refractivity contribution in [3.8, 4) is 46.0 Å². The van der Waals surface area contributed by atoms with Crippen LogP contribution < -0.4 is 59.2 Å². The third kappa shape index (κ3) is 28.1. The highest BCUT2D eigenvalue weighted by atomic mass is 35.5. The number of aryl methyl sites for hydroxylation is 1. The van der Waals surface area contributed by atoms with Gasteiger partial charge in [0.05, 0.1) is 143 Å². The maximum absolute atomic E-state index is 15.2. The van der Waals surface area contributed by atoms with E-state index < -0.39 is 34.9 Å². The maximum atomic E-state index is 15.2. The molecule has 4 aromatic heterocycles. The molecule has 11 aromatic rings. The number of pyridine rings is 3. The minimum Gasteiger partial charge on any atom is -0.495 e. The number of carbonyl (C=O) groups is 4. The highest BCUT2D eigenvalue weighted by Gasteiger charge is 2.30. The highest BCUT2D eigenvalue weighted by Crippen LogP contribution is 2.50. The molecule has 0 radical (unpaired) electrons. The zero-order chi connectivity index (χ0) is 99.3. The Labute approximate surface area is 825 Å². The largest absolute Gasteiger partial charge is 0.495 e. The van der Waals surface area contributed by atoms with Gasteiger partial charge in [0.1, 0.15) is 86.8 Å². The lowest BCUT2D eigenvalue weighted by Gasteiger charge is -2.32. The fourth-order valence-electron chi connectivity index (χ4n) is 13.1. The van der Waals surface area contributed by atoms with Crippen molar-refractivity contribution in [2.45, 2.75) is 45.1 Å². The predicted octanol–water partition coefficient (Wildman–Crippen LogP) is 27.2. The van der Waals surface area contributed by atoms with Gasteiger partial charge in [-0.05, 0) is 155 Å². The first-order valence-corrected chi connectivity index (χ1v) is 43.7. The van der Waals surface area contributed by atoms with Crippen LogP contribution in [0.25, 0.3) is 47.6 Å². The van der Waals surface area contributed by atoms with Gasteiger partial charge in [-0.3, -0.25) is 19.2 Å². The van der Waals surface area contributed by atoms with Crippen molar-refractivity contribution in [2.75, 3.05) is 91.4 Å². The molecule has 2 atom stereocenters. The highest BCUT2D eigenvalue weighted by molar-refractivity contribution is 6.42. The molecule has 5 heterocycles. The fourth-order valence-corrected chi connectivity index (χ4v) is 16.0. The standard InChI is InChI=1S/C25H20Cl3FN2O3.C25H19Cl2F3N2O3.C25H22Cl2FN3O3.C24H25Cl2FN2O4/c1-4-16(32)11-15-6-5-7-17(26)25(15)31-21-9-8-14(13-30-21)10-18(29)22-23(27)19(33-2)12-20(34-3)24(22)28;1-4-15(33)8-14-9-16(28)17(29)10-19(14)32-22-6-5-13(12-31-22)7-18(30)23-24(26)20(34-2)11-21(35-3)25(23)27;1-5-17(32)10-16-8-6-7-14(2)24(16)31-25-29-12-15(13-30-25)9-18(28)21-22(26)19(33-3)11-20(34-4)23(21)27;1-4-16(30)10-15-7-8-33-13-18(15)29-21-6-5-14(12-28-21)9-17(27)22-23(25)19(31-2)11-20(32-3)24(22)26/h4-10,12-13H,1,11H2,2-3H3,(H,30,31);4-7,9-12H,1,8H2,2-3H3,(H,31,32);5-9,11-13H,1,10H2,2-4H3,(H,29,30,31);4-6,9,11-12,15,18H,1,7-8,10,13H2,2-3H3,(H,28,29)/b18-10-;18-7-;18-9-;17-9-/t;;;15-,18-/m...1/s1. The summed E-state index contributed by atoms with van der Waals surface area (Å²) < 4.78 is 135. The smallest absolute Gasteiger partial charge is 0.227 e. The molecule has 22 nitrogen and oxygen atoms in total. The molecule has 0 unspecified atom stereocenters. The molecule has 7 aromatic carbocycles. The zero-order valence-electron chi connectivity index (χ0n) is 74.0. The summed E-state index contributed by atoms with van der Waals surface area (Å²) in [5, 5.41) is 12.9. The first-order chi connectivity index (χ1) is 65.1. The average Bonchev–Trinajstić information content (AvgIpc) is 0.790. The summed E-state index contributed by atoms with van der Waals surface area (Å²) >= 11 is 56.5. The van der Waals surface area contributed by atoms with Crippen LogP contribution in [0.5, 0.6) is 46.0 Å². The molecule has 1 aliphatic heterocycles. The van der Waals surface area contributed by atoms with E-state index in [1.54, 1.807) is 42.5 Å². The van der Waals surface area contributed by atoms with Gasteiger partial charge in [-0.15, -0.1) is 0 Å². The molecule has 1 aliphatic rings. The normalized spacial score (nSPS) is 13.0. The van der Waals surface area contributed by atoms with Gasteiger partial charge in [-0.25, -0.2) is 51.3 Å². The Morgan fingerprint density at radius 1 is 0.404 bits per heavy atom. The summed E-state index contributed by atoms with van der Waals surface area (Å²) in [5.74, 6) is -2.13. The van der Waals surface area contributed by atoms with Crippen LogP contribution >= 0.6 is 104 Å². The van der Waals surface area contributed by atoms with Crippen LogP contribution in [0.1, 0.15) is 79.6 Å². The summed E-state index contributed by atoms with van der Waals surface area (Å²) in [4.78, 5) is 68.5. The Bertz CT molecular complexity index is 6090. The minimum absolute atomic E-state index is 0.00381. The summed E-state index contributed by atoms with van der Waals surface area (Å²) in [6, 6.07) is 28.3. The Kier molecular flexibility index (Phi) is 40.5. The molecule has 12 rings (SSSR count).